The average molecular weight is 328 g/mol. The Morgan fingerprint density at radius 3 is 3.05 bits per heavy atom. The molecule has 0 aromatic carbocycles. The van der Waals surface area contributed by atoms with Crippen LogP contribution in [0.3, 0.4) is 0 Å². The molecular formula is C13H14ClN3O3S. The first-order valence-electron chi connectivity index (χ1n) is 6.14. The molecule has 0 bridgehead atoms. The number of imidazole rings is 1. The molecule has 21 heavy (non-hydrogen) atoms. The normalized spacial score (nSPS) is 11.2. The van der Waals surface area contributed by atoms with Gasteiger partial charge in [-0.05, 0) is 6.08 Å². The number of nitrogens with zero attached hydrogens (tertiary/aromatic N) is 3. The van der Waals surface area contributed by atoms with E-state index in [1.54, 1.807) is 13.1 Å². The Labute approximate surface area is 130 Å². The first-order chi connectivity index (χ1) is 10.0. The van der Waals surface area contributed by atoms with E-state index in [4.69, 9.17) is 11.6 Å². The molecule has 0 N–H and O–H groups in total. The van der Waals surface area contributed by atoms with Crippen molar-refractivity contribution in [1.82, 2.24) is 14.3 Å². The monoisotopic (exact) mass is 327 g/mol. The maximum absolute atomic E-state index is 11.9. The third-order valence-electron chi connectivity index (χ3n) is 2.89. The summed E-state index contributed by atoms with van der Waals surface area (Å²) in [6.45, 7) is 0.295. The topological polar surface area (TPSA) is 63.9 Å². The van der Waals surface area contributed by atoms with Crippen LogP contribution < -0.4 is 0 Å². The summed E-state index contributed by atoms with van der Waals surface area (Å²) in [5.41, 5.74) is 0.655. The van der Waals surface area contributed by atoms with Crippen LogP contribution in [-0.2, 0) is 14.3 Å². The smallest absolute Gasteiger partial charge is 0.307 e. The minimum Gasteiger partial charge on any atom is -0.469 e. The highest BCUT2D eigenvalue weighted by Gasteiger charge is 2.11. The molecule has 0 saturated carbocycles. The number of halogens is 1. The van der Waals surface area contributed by atoms with E-state index in [1.807, 2.05) is 16.0 Å². The zero-order valence-electron chi connectivity index (χ0n) is 11.6. The van der Waals surface area contributed by atoms with E-state index in [9.17, 15) is 9.59 Å². The van der Waals surface area contributed by atoms with Crippen LogP contribution in [-0.4, -0.2) is 46.9 Å². The second kappa shape index (κ2) is 6.73. The molecule has 2 aromatic rings. The van der Waals surface area contributed by atoms with Crippen molar-refractivity contribution in [2.45, 2.75) is 6.42 Å². The molecule has 0 aliphatic rings. The lowest BCUT2D eigenvalue weighted by atomic mass is 10.3. The molecule has 0 fully saturated rings. The SMILES string of the molecule is COC(=O)CCN(C)C(=O)C=Cc1c(Cl)nc2sccn12. The summed E-state index contributed by atoms with van der Waals surface area (Å²) in [7, 11) is 2.94. The molecule has 0 unspecified atom stereocenters. The van der Waals surface area contributed by atoms with Crippen LogP contribution in [0.2, 0.25) is 5.15 Å². The van der Waals surface area contributed by atoms with Crippen molar-refractivity contribution < 1.29 is 14.3 Å². The van der Waals surface area contributed by atoms with Gasteiger partial charge in [0, 0.05) is 31.2 Å². The third-order valence-corrected chi connectivity index (χ3v) is 3.93. The Bertz CT molecular complexity index is 692. The van der Waals surface area contributed by atoms with Crippen LogP contribution in [0.1, 0.15) is 12.1 Å². The van der Waals surface area contributed by atoms with E-state index >= 15 is 0 Å². The van der Waals surface area contributed by atoms with Gasteiger partial charge in [0.1, 0.15) is 0 Å². The molecule has 0 spiro atoms. The highest BCUT2D eigenvalue weighted by molar-refractivity contribution is 7.15. The Morgan fingerprint density at radius 2 is 2.33 bits per heavy atom. The van der Waals surface area contributed by atoms with Crippen molar-refractivity contribution in [1.29, 1.82) is 0 Å². The Morgan fingerprint density at radius 1 is 1.57 bits per heavy atom. The number of methoxy groups -OCH3 is 1. The summed E-state index contributed by atoms with van der Waals surface area (Å²) >= 11 is 7.49. The van der Waals surface area contributed by atoms with Crippen molar-refractivity contribution in [2.75, 3.05) is 20.7 Å². The van der Waals surface area contributed by atoms with Crippen molar-refractivity contribution in [3.05, 3.63) is 28.5 Å². The molecule has 2 rings (SSSR count). The standard InChI is InChI=1S/C13H14ClN3O3S/c1-16(6-5-11(19)20-2)10(18)4-3-9-12(14)15-13-17(9)7-8-21-13/h3-4,7-8H,5-6H2,1-2H3. The van der Waals surface area contributed by atoms with E-state index in [0.717, 1.165) is 4.96 Å². The minimum absolute atomic E-state index is 0.162. The van der Waals surface area contributed by atoms with E-state index in [2.05, 4.69) is 9.72 Å². The van der Waals surface area contributed by atoms with E-state index in [1.165, 1.54) is 29.4 Å². The van der Waals surface area contributed by atoms with Crippen LogP contribution in [0, 0.1) is 0 Å². The number of hydrogen-bond donors (Lipinski definition) is 0. The molecule has 6 nitrogen and oxygen atoms in total. The van der Waals surface area contributed by atoms with Gasteiger partial charge in [0.05, 0.1) is 19.2 Å². The molecule has 1 amide bonds. The van der Waals surface area contributed by atoms with Gasteiger partial charge < -0.3 is 9.64 Å². The van der Waals surface area contributed by atoms with Gasteiger partial charge in [-0.25, -0.2) is 4.98 Å². The molecule has 2 heterocycles. The summed E-state index contributed by atoms with van der Waals surface area (Å²) < 4.78 is 6.34. The number of hydrogen-bond acceptors (Lipinski definition) is 5. The van der Waals surface area contributed by atoms with Crippen molar-refractivity contribution in [2.24, 2.45) is 0 Å². The third kappa shape index (κ3) is 3.62. The molecule has 0 saturated heterocycles. The second-order valence-electron chi connectivity index (χ2n) is 4.26. The zero-order chi connectivity index (χ0) is 15.4. The second-order valence-corrected chi connectivity index (χ2v) is 5.49. The molecule has 0 aliphatic carbocycles. The zero-order valence-corrected chi connectivity index (χ0v) is 13.1. The summed E-state index contributed by atoms with van der Waals surface area (Å²) in [4.78, 5) is 29.4. The molecule has 2 aromatic heterocycles. The largest absolute Gasteiger partial charge is 0.469 e. The number of carbonyl (C=O) groups is 2. The predicted molar refractivity (Wildman–Crippen MR) is 81.4 cm³/mol. The first-order valence-corrected chi connectivity index (χ1v) is 7.39. The van der Waals surface area contributed by atoms with Crippen molar-refractivity contribution in [3.63, 3.8) is 0 Å². The van der Waals surface area contributed by atoms with Gasteiger partial charge in [0.2, 0.25) is 5.91 Å². The summed E-state index contributed by atoms with van der Waals surface area (Å²) in [5, 5.41) is 2.24. The van der Waals surface area contributed by atoms with E-state index in [0.29, 0.717) is 17.4 Å². The lowest BCUT2D eigenvalue weighted by Crippen LogP contribution is -2.27. The number of carbonyl (C=O) groups excluding carboxylic acids is 2. The minimum atomic E-state index is -0.350. The van der Waals surface area contributed by atoms with Gasteiger partial charge in [-0.15, -0.1) is 11.3 Å². The first kappa shape index (κ1) is 15.5. The fourth-order valence-corrected chi connectivity index (χ4v) is 2.68. The number of aromatic nitrogens is 2. The number of likely N-dealkylation sites (N-methyl/N-ethyl adjacent to an activating group) is 1. The Kier molecular flexibility index (Phi) is 4.98. The number of amides is 1. The molecular weight excluding hydrogens is 314 g/mol. The summed E-state index contributed by atoms with van der Waals surface area (Å²) in [6, 6.07) is 0. The molecule has 0 aliphatic heterocycles. The molecule has 0 radical (unpaired) electrons. The van der Waals surface area contributed by atoms with Gasteiger partial charge >= 0.3 is 5.97 Å². The lowest BCUT2D eigenvalue weighted by molar-refractivity contribution is -0.141. The van der Waals surface area contributed by atoms with Crippen LogP contribution in [0.15, 0.2) is 17.7 Å². The lowest BCUT2D eigenvalue weighted by Gasteiger charge is -2.13. The van der Waals surface area contributed by atoms with Crippen LogP contribution in [0.5, 0.6) is 0 Å². The number of fused-ring (bicyclic) bond motifs is 1. The van der Waals surface area contributed by atoms with Gasteiger partial charge in [0.15, 0.2) is 10.1 Å². The quantitative estimate of drug-likeness (QED) is 0.623. The molecule has 0 atom stereocenters. The summed E-state index contributed by atoms with van der Waals surface area (Å²) in [6.07, 6.45) is 5.02. The van der Waals surface area contributed by atoms with E-state index < -0.39 is 0 Å². The number of ether oxygens (including phenoxy) is 1. The van der Waals surface area contributed by atoms with Crippen LogP contribution in [0.25, 0.3) is 11.0 Å². The van der Waals surface area contributed by atoms with Crippen LogP contribution in [0.4, 0.5) is 0 Å². The summed E-state index contributed by atoms with van der Waals surface area (Å²) in [5.74, 6) is -0.572. The average Bonchev–Trinajstić information content (AvgIpc) is 3.02. The highest BCUT2D eigenvalue weighted by atomic mass is 35.5. The maximum Gasteiger partial charge on any atom is 0.307 e. The Balaban J connectivity index is 2.03. The number of thiazole rings is 1. The molecule has 8 heteroatoms. The number of esters is 1. The predicted octanol–water partition coefficient (Wildman–Crippen LogP) is 2.08. The van der Waals surface area contributed by atoms with Crippen molar-refractivity contribution in [3.8, 4) is 0 Å². The number of rotatable bonds is 5. The van der Waals surface area contributed by atoms with Gasteiger partial charge in [-0.2, -0.15) is 0 Å². The molecule has 112 valence electrons. The van der Waals surface area contributed by atoms with Gasteiger partial charge in [-0.3, -0.25) is 14.0 Å². The van der Waals surface area contributed by atoms with Gasteiger partial charge in [-0.1, -0.05) is 11.6 Å². The fourth-order valence-electron chi connectivity index (χ4n) is 1.67. The van der Waals surface area contributed by atoms with Gasteiger partial charge in [0.25, 0.3) is 0 Å². The highest BCUT2D eigenvalue weighted by Crippen LogP contribution is 2.22. The van der Waals surface area contributed by atoms with Crippen molar-refractivity contribution >= 4 is 45.9 Å². The Hall–Kier alpha value is -1.86. The maximum atomic E-state index is 11.9. The van der Waals surface area contributed by atoms with Crippen LogP contribution >= 0.6 is 22.9 Å². The van der Waals surface area contributed by atoms with E-state index in [-0.39, 0.29) is 18.3 Å². The fraction of sp³-hybridized carbons (Fsp3) is 0.308.